The molecule has 83 heavy (non-hydrogen) atoms. The number of thiazole rings is 1. The van der Waals surface area contributed by atoms with Gasteiger partial charge in [-0.25, -0.2) is 31.3 Å². The number of aromatic nitrogens is 1. The minimum atomic E-state index is -0.923. The van der Waals surface area contributed by atoms with E-state index in [-0.39, 0.29) is 5.91 Å². The van der Waals surface area contributed by atoms with Crippen LogP contribution in [-0.4, -0.2) is 130 Å². The molecule has 1 unspecified atom stereocenters. The molecule has 6 rings (SSSR count). The topological polar surface area (TPSA) is 143 Å². The van der Waals surface area contributed by atoms with Crippen LogP contribution in [0, 0.1) is 37.1 Å². The number of halogens is 6. The third-order valence-electron chi connectivity index (χ3n) is 12.7. The summed E-state index contributed by atoms with van der Waals surface area (Å²) < 4.78 is 78.7. The number of hydrogen-bond donors (Lipinski definition) is 4. The second-order valence-corrected chi connectivity index (χ2v) is 22.3. The van der Waals surface area contributed by atoms with E-state index in [2.05, 4.69) is 59.9 Å². The van der Waals surface area contributed by atoms with Gasteiger partial charge in [-0.15, -0.1) is 34.9 Å². The summed E-state index contributed by atoms with van der Waals surface area (Å²) in [6, 6.07) is 7.37. The standard InChI is InChI=1S/C21H31F2N3OS.C13H15F2NS.C12H11F2NS.C7H14N2O.C6H13N.C3H7NO/c1-5-7-12-26(11-6-2)13-10-24-21(27)20(28-4)16(3)25-15-17-8-9-18(22)19(23)14-17;1-8(10(3)17-4)16-9(2)11-5-6-12(14)13(15)7-11;1-7-8(2)16-12(15-7)10-5-3-4-9(13)6-11(10)14;10-7-8-3-6-9-4-1-2-5-9;1-2-4-6-7-5-3-1;1-2-4-3-5/h8-9,14-15H,5-7,10-13H2,1-4H3,(H,24,27);5-7H,1-4H3;3-6,10H,1-2H3;7H,1-6H2,(H,8,10);7H,1-6H2;3H,2H2,1H3,(H,4,5)/b20-16-,25-15?;10-8-,16-9?;;;;. The van der Waals surface area contributed by atoms with E-state index in [0.29, 0.717) is 45.4 Å². The maximum Gasteiger partial charge on any atom is 0.259 e. The smallest absolute Gasteiger partial charge is 0.259 e. The van der Waals surface area contributed by atoms with Crippen molar-refractivity contribution in [1.29, 1.82) is 0 Å². The van der Waals surface area contributed by atoms with Crippen LogP contribution in [0.15, 0.2) is 104 Å². The zero-order chi connectivity index (χ0) is 62.0. The maximum atomic E-state index is 13.7. The fraction of sp³-hybridized carbons (Fsp3) is 0.516. The van der Waals surface area contributed by atoms with Gasteiger partial charge in [-0.05, 0) is 180 Å². The van der Waals surface area contributed by atoms with Crippen LogP contribution >= 0.6 is 34.9 Å². The predicted molar refractivity (Wildman–Crippen MR) is 338 cm³/mol. The van der Waals surface area contributed by atoms with Crippen molar-refractivity contribution < 1.29 is 40.7 Å². The van der Waals surface area contributed by atoms with Crippen LogP contribution < -0.4 is 21.3 Å². The highest BCUT2D eigenvalue weighted by Crippen LogP contribution is 2.34. The number of allylic oxidation sites excluding steroid dienone is 9. The van der Waals surface area contributed by atoms with Crippen molar-refractivity contribution in [3.8, 4) is 0 Å². The Morgan fingerprint density at radius 2 is 1.45 bits per heavy atom. The van der Waals surface area contributed by atoms with Gasteiger partial charge in [0.2, 0.25) is 12.8 Å². The van der Waals surface area contributed by atoms with E-state index in [0.717, 1.165) is 116 Å². The molecule has 0 saturated carbocycles. The Morgan fingerprint density at radius 1 is 0.795 bits per heavy atom. The lowest BCUT2D eigenvalue weighted by Crippen LogP contribution is -2.36. The number of nitrogens with one attached hydrogen (secondary N) is 4. The molecule has 1 aliphatic carbocycles. The highest BCUT2D eigenvalue weighted by molar-refractivity contribution is 8.03. The highest BCUT2D eigenvalue weighted by Gasteiger charge is 2.20. The predicted octanol–water partition coefficient (Wildman–Crippen LogP) is 13.8. The average molecular weight is 1220 g/mol. The second kappa shape index (κ2) is 46.0. The van der Waals surface area contributed by atoms with Crippen molar-refractivity contribution in [2.45, 2.75) is 126 Å². The Balaban J connectivity index is 0.000000540. The van der Waals surface area contributed by atoms with Crippen LogP contribution in [0.2, 0.25) is 0 Å². The molecular formula is C62H91F6N9O3S3. The molecule has 0 bridgehead atoms. The van der Waals surface area contributed by atoms with Gasteiger partial charge in [-0.1, -0.05) is 57.4 Å². The molecule has 1 aromatic heterocycles. The van der Waals surface area contributed by atoms with E-state index < -0.39 is 40.8 Å². The van der Waals surface area contributed by atoms with E-state index in [4.69, 9.17) is 0 Å². The van der Waals surface area contributed by atoms with E-state index in [9.17, 15) is 40.7 Å². The molecular weight excluding hydrogens is 1130 g/mol. The van der Waals surface area contributed by atoms with Crippen molar-refractivity contribution >= 4 is 65.5 Å². The molecule has 12 nitrogen and oxygen atoms in total. The lowest BCUT2D eigenvalue weighted by Gasteiger charge is -2.21. The summed E-state index contributed by atoms with van der Waals surface area (Å²) in [4.78, 5) is 52.0. The molecule has 3 aromatic rings. The molecule has 21 heteroatoms. The van der Waals surface area contributed by atoms with E-state index in [1.54, 1.807) is 31.7 Å². The van der Waals surface area contributed by atoms with Gasteiger partial charge in [0.1, 0.15) is 16.7 Å². The van der Waals surface area contributed by atoms with Gasteiger partial charge in [0.15, 0.2) is 23.3 Å². The number of rotatable bonds is 22. The molecule has 2 aromatic carbocycles. The first-order chi connectivity index (χ1) is 39.8. The Labute approximate surface area is 503 Å². The largest absolute Gasteiger partial charge is 0.359 e. The van der Waals surface area contributed by atoms with Gasteiger partial charge in [0.05, 0.1) is 22.2 Å². The van der Waals surface area contributed by atoms with Crippen LogP contribution in [0.25, 0.3) is 0 Å². The normalized spacial score (nSPS) is 15.7. The molecule has 3 amide bonds. The molecule has 0 radical (unpaired) electrons. The Bertz CT molecular complexity index is 2560. The number of unbranched alkanes of at least 4 members (excludes halogenated alkanes) is 1. The SMILES string of the molecule is C1CCCNCC1.CCCCN(CCC)CCNC(=O)/C(SC)=C(\C)N=Cc1ccc(F)c(F)c1.CCNC=O.CS/C(C)=C(/C)N=C(C)c1ccc(F)c(F)c1.Cc1nc(C2C=CC=C(F)C=C2F)sc1C.O=CNCCN1CCCC1. The molecule has 3 aliphatic rings. The minimum absolute atomic E-state index is 0.167. The summed E-state index contributed by atoms with van der Waals surface area (Å²) in [5.74, 6) is -5.30. The lowest BCUT2D eigenvalue weighted by atomic mass is 10.1. The van der Waals surface area contributed by atoms with E-state index >= 15 is 0 Å². The van der Waals surface area contributed by atoms with Crippen molar-refractivity contribution in [2.75, 3.05) is 84.5 Å². The molecule has 3 heterocycles. The van der Waals surface area contributed by atoms with Gasteiger partial charge in [0.25, 0.3) is 5.91 Å². The zero-order valence-corrected chi connectivity index (χ0v) is 53.1. The van der Waals surface area contributed by atoms with Gasteiger partial charge < -0.3 is 31.1 Å². The number of nitrogens with zero attached hydrogens (tertiary/aromatic N) is 5. The molecule has 2 saturated heterocycles. The zero-order valence-electron chi connectivity index (χ0n) is 50.7. The third-order valence-corrected chi connectivity index (χ3v) is 15.7. The first kappa shape index (κ1) is 75.7. The number of thioether (sulfide) groups is 2. The van der Waals surface area contributed by atoms with Crippen LogP contribution in [0.4, 0.5) is 26.3 Å². The molecule has 0 spiro atoms. The number of hydrogen-bond acceptors (Lipinski definition) is 12. The summed E-state index contributed by atoms with van der Waals surface area (Å²) >= 11 is 4.38. The highest BCUT2D eigenvalue weighted by atomic mass is 32.2. The lowest BCUT2D eigenvalue weighted by molar-refractivity contribution is -0.117. The molecule has 1 atom stereocenters. The Hall–Kier alpha value is -5.32. The molecule has 4 N–H and O–H groups in total. The van der Waals surface area contributed by atoms with Crippen LogP contribution in [0.5, 0.6) is 0 Å². The summed E-state index contributed by atoms with van der Waals surface area (Å²) in [6.45, 7) is 28.3. The molecule has 2 aliphatic heterocycles. The second-order valence-electron chi connectivity index (χ2n) is 19.3. The van der Waals surface area contributed by atoms with Crippen molar-refractivity contribution in [1.82, 2.24) is 36.1 Å². The van der Waals surface area contributed by atoms with Crippen molar-refractivity contribution in [2.24, 2.45) is 9.98 Å². The number of likely N-dealkylation sites (tertiary alicyclic amines) is 1. The first-order valence-corrected chi connectivity index (χ1v) is 31.7. The summed E-state index contributed by atoms with van der Waals surface area (Å²) in [6.07, 6.45) is 23.6. The number of carbonyl (C=O) groups excluding carboxylic acids is 3. The Kier molecular flexibility index (Phi) is 42.0. The van der Waals surface area contributed by atoms with Crippen molar-refractivity contribution in [3.05, 3.63) is 144 Å². The van der Waals surface area contributed by atoms with Crippen LogP contribution in [0.1, 0.15) is 139 Å². The molecule has 2 fully saturated rings. The third kappa shape index (κ3) is 33.1. The first-order valence-electron chi connectivity index (χ1n) is 28.4. The summed E-state index contributed by atoms with van der Waals surface area (Å²) in [7, 11) is 0. The van der Waals surface area contributed by atoms with Crippen LogP contribution in [-0.2, 0) is 14.4 Å². The fourth-order valence-corrected chi connectivity index (χ4v) is 9.69. The van der Waals surface area contributed by atoms with E-state index in [1.807, 2.05) is 47.1 Å². The minimum Gasteiger partial charge on any atom is -0.359 e. The average Bonchev–Trinajstić information content (AvgIpc) is 4.12. The summed E-state index contributed by atoms with van der Waals surface area (Å²) in [5, 5.41) is 12.1. The quantitative estimate of drug-likeness (QED) is 0.0254. The number of benzene rings is 2. The fourth-order valence-electron chi connectivity index (χ4n) is 7.73. The number of carbonyl (C=O) groups is 3. The number of aryl methyl sites for hydroxylation is 2. The van der Waals surface area contributed by atoms with Crippen LogP contribution in [0.3, 0.4) is 0 Å². The van der Waals surface area contributed by atoms with Gasteiger partial charge in [-0.2, -0.15) is 0 Å². The number of aliphatic imine (C=N–C) groups is 2. The van der Waals surface area contributed by atoms with Gasteiger partial charge >= 0.3 is 0 Å². The van der Waals surface area contributed by atoms with Gasteiger partial charge in [-0.3, -0.25) is 24.4 Å². The number of amides is 3. The maximum absolute atomic E-state index is 13.7. The Morgan fingerprint density at radius 3 is 1.99 bits per heavy atom. The van der Waals surface area contributed by atoms with Gasteiger partial charge in [0, 0.05) is 66.2 Å². The monoisotopic (exact) mass is 1220 g/mol. The van der Waals surface area contributed by atoms with Crippen molar-refractivity contribution in [3.63, 3.8) is 0 Å². The molecule has 462 valence electrons. The summed E-state index contributed by atoms with van der Waals surface area (Å²) in [5.41, 5.74) is 4.03. The van der Waals surface area contributed by atoms with E-state index in [1.165, 1.54) is 118 Å².